The summed E-state index contributed by atoms with van der Waals surface area (Å²) in [5.41, 5.74) is 2.07. The number of nitrogens with one attached hydrogen (secondary N) is 1. The van der Waals surface area contributed by atoms with Crippen LogP contribution >= 0.6 is 23.8 Å². The maximum absolute atomic E-state index is 5.94. The number of ether oxygens (including phenoxy) is 1. The molecular formula is C16H14ClN3OS. The number of hydrogen-bond acceptors (Lipinski definition) is 3. The minimum atomic E-state index is 0.561. The molecule has 0 amide bonds. The van der Waals surface area contributed by atoms with Crippen molar-refractivity contribution in [2.45, 2.75) is 6.42 Å². The maximum Gasteiger partial charge on any atom is 0.199 e. The lowest BCUT2D eigenvalue weighted by Gasteiger charge is -2.07. The Morgan fingerprint density at radius 3 is 2.45 bits per heavy atom. The summed E-state index contributed by atoms with van der Waals surface area (Å²) in [5, 5.41) is 7.88. The molecule has 2 aromatic carbocycles. The van der Waals surface area contributed by atoms with Crippen LogP contribution in [0.2, 0.25) is 5.02 Å². The number of aromatic nitrogens is 3. The Hall–Kier alpha value is -2.11. The fourth-order valence-corrected chi connectivity index (χ4v) is 2.61. The highest BCUT2D eigenvalue weighted by atomic mass is 35.5. The second-order valence-corrected chi connectivity index (χ2v) is 5.60. The van der Waals surface area contributed by atoms with Crippen molar-refractivity contribution in [2.24, 2.45) is 0 Å². The van der Waals surface area contributed by atoms with Crippen molar-refractivity contribution >= 4 is 23.8 Å². The standard InChI is InChI=1S/C16H14ClN3OS/c1-21-14-8-2-11(3-9-14)10-15-18-19-16(22)20(15)13-6-4-12(17)5-7-13/h2-9H,10H2,1H3,(H,19,22). The predicted octanol–water partition coefficient (Wildman–Crippen LogP) is 4.18. The van der Waals surface area contributed by atoms with E-state index in [4.69, 9.17) is 28.6 Å². The van der Waals surface area contributed by atoms with Gasteiger partial charge in [0.25, 0.3) is 0 Å². The van der Waals surface area contributed by atoms with Crippen LogP contribution in [0.4, 0.5) is 0 Å². The molecule has 4 nitrogen and oxygen atoms in total. The summed E-state index contributed by atoms with van der Waals surface area (Å²) in [7, 11) is 1.65. The summed E-state index contributed by atoms with van der Waals surface area (Å²) in [6.07, 6.45) is 0.666. The maximum atomic E-state index is 5.94. The van der Waals surface area contributed by atoms with Gasteiger partial charge in [0.1, 0.15) is 11.6 Å². The van der Waals surface area contributed by atoms with Crippen molar-refractivity contribution < 1.29 is 4.74 Å². The van der Waals surface area contributed by atoms with Gasteiger partial charge in [0.2, 0.25) is 0 Å². The molecule has 112 valence electrons. The van der Waals surface area contributed by atoms with Crippen LogP contribution in [-0.2, 0) is 6.42 Å². The summed E-state index contributed by atoms with van der Waals surface area (Å²) in [6.45, 7) is 0. The van der Waals surface area contributed by atoms with Crippen molar-refractivity contribution in [3.63, 3.8) is 0 Å². The summed E-state index contributed by atoms with van der Waals surface area (Å²) in [6, 6.07) is 15.4. The first-order chi connectivity index (χ1) is 10.7. The van der Waals surface area contributed by atoms with Gasteiger partial charge in [-0.3, -0.25) is 9.67 Å². The molecule has 3 aromatic rings. The number of halogens is 1. The first kappa shape index (κ1) is 14.8. The van der Waals surface area contributed by atoms with Gasteiger partial charge >= 0.3 is 0 Å². The van der Waals surface area contributed by atoms with Crippen LogP contribution in [-0.4, -0.2) is 21.9 Å². The van der Waals surface area contributed by atoms with Gasteiger partial charge in [-0.2, -0.15) is 5.10 Å². The molecule has 1 heterocycles. The number of benzene rings is 2. The van der Waals surface area contributed by atoms with Crippen LogP contribution in [0.15, 0.2) is 48.5 Å². The van der Waals surface area contributed by atoms with E-state index in [1.165, 1.54) is 0 Å². The summed E-state index contributed by atoms with van der Waals surface area (Å²) >= 11 is 11.3. The van der Waals surface area contributed by atoms with E-state index in [0.717, 1.165) is 22.8 Å². The molecule has 6 heteroatoms. The van der Waals surface area contributed by atoms with E-state index in [2.05, 4.69) is 10.2 Å². The smallest absolute Gasteiger partial charge is 0.199 e. The molecule has 0 fully saturated rings. The molecule has 1 N–H and O–H groups in total. The van der Waals surface area contributed by atoms with Crippen LogP contribution in [0.5, 0.6) is 5.75 Å². The van der Waals surface area contributed by atoms with Crippen molar-refractivity contribution in [1.82, 2.24) is 14.8 Å². The van der Waals surface area contributed by atoms with Gasteiger partial charge in [0.05, 0.1) is 7.11 Å². The number of hydrogen-bond donors (Lipinski definition) is 1. The van der Waals surface area contributed by atoms with Gasteiger partial charge in [0.15, 0.2) is 4.77 Å². The topological polar surface area (TPSA) is 42.8 Å². The molecule has 1 aromatic heterocycles. The van der Waals surface area contributed by atoms with E-state index >= 15 is 0 Å². The Balaban J connectivity index is 1.94. The van der Waals surface area contributed by atoms with E-state index < -0.39 is 0 Å². The van der Waals surface area contributed by atoms with Gasteiger partial charge in [-0.25, -0.2) is 0 Å². The van der Waals surface area contributed by atoms with Crippen molar-refractivity contribution in [3.8, 4) is 11.4 Å². The lowest BCUT2D eigenvalue weighted by atomic mass is 10.1. The van der Waals surface area contributed by atoms with Crippen LogP contribution < -0.4 is 4.74 Å². The van der Waals surface area contributed by atoms with Gasteiger partial charge in [-0.05, 0) is 54.2 Å². The molecule has 0 bridgehead atoms. The van der Waals surface area contributed by atoms with Crippen molar-refractivity contribution in [2.75, 3.05) is 7.11 Å². The third kappa shape index (κ3) is 3.05. The highest BCUT2D eigenvalue weighted by Gasteiger charge is 2.09. The average molecular weight is 332 g/mol. The molecule has 0 spiro atoms. The van der Waals surface area contributed by atoms with Crippen LogP contribution in [0, 0.1) is 4.77 Å². The van der Waals surface area contributed by atoms with Crippen LogP contribution in [0.25, 0.3) is 5.69 Å². The van der Waals surface area contributed by atoms with Gasteiger partial charge in [0, 0.05) is 17.1 Å². The van der Waals surface area contributed by atoms with Crippen LogP contribution in [0.3, 0.4) is 0 Å². The fourth-order valence-electron chi connectivity index (χ4n) is 2.23. The number of aromatic amines is 1. The van der Waals surface area contributed by atoms with E-state index in [9.17, 15) is 0 Å². The molecule has 0 aliphatic heterocycles. The molecule has 0 radical (unpaired) electrons. The number of rotatable bonds is 4. The average Bonchev–Trinajstić information content (AvgIpc) is 2.90. The monoisotopic (exact) mass is 331 g/mol. The minimum absolute atomic E-state index is 0.561. The van der Waals surface area contributed by atoms with Crippen molar-refractivity contribution in [1.29, 1.82) is 0 Å². The molecule has 0 aliphatic carbocycles. The third-order valence-corrected chi connectivity index (χ3v) is 3.87. The molecule has 0 atom stereocenters. The first-order valence-corrected chi connectivity index (χ1v) is 7.51. The Morgan fingerprint density at radius 2 is 1.82 bits per heavy atom. The van der Waals surface area contributed by atoms with E-state index in [1.54, 1.807) is 7.11 Å². The zero-order chi connectivity index (χ0) is 15.5. The summed E-state index contributed by atoms with van der Waals surface area (Å²) in [4.78, 5) is 0. The highest BCUT2D eigenvalue weighted by molar-refractivity contribution is 7.71. The number of H-pyrrole nitrogens is 1. The Bertz CT molecular complexity index is 822. The molecule has 22 heavy (non-hydrogen) atoms. The molecule has 0 unspecified atom stereocenters. The quantitative estimate of drug-likeness (QED) is 0.729. The van der Waals surface area contributed by atoms with Gasteiger partial charge in [-0.1, -0.05) is 23.7 Å². The Kier molecular flexibility index (Phi) is 4.27. The summed E-state index contributed by atoms with van der Waals surface area (Å²) < 4.78 is 7.65. The molecule has 0 saturated carbocycles. The molecule has 3 rings (SSSR count). The third-order valence-electron chi connectivity index (χ3n) is 3.35. The number of nitrogens with zero attached hydrogens (tertiary/aromatic N) is 2. The van der Waals surface area contributed by atoms with E-state index in [1.807, 2.05) is 53.1 Å². The Morgan fingerprint density at radius 1 is 1.14 bits per heavy atom. The largest absolute Gasteiger partial charge is 0.497 e. The SMILES string of the molecule is COc1ccc(Cc2n[nH]c(=S)n2-c2ccc(Cl)cc2)cc1. The second kappa shape index (κ2) is 6.34. The zero-order valence-corrected chi connectivity index (χ0v) is 13.5. The first-order valence-electron chi connectivity index (χ1n) is 6.72. The zero-order valence-electron chi connectivity index (χ0n) is 11.9. The van der Waals surface area contributed by atoms with E-state index in [-0.39, 0.29) is 0 Å². The van der Waals surface area contributed by atoms with Crippen molar-refractivity contribution in [3.05, 3.63) is 69.7 Å². The Labute approximate surface area is 138 Å². The van der Waals surface area contributed by atoms with E-state index in [0.29, 0.717) is 16.2 Å². The van der Waals surface area contributed by atoms with Gasteiger partial charge < -0.3 is 4.74 Å². The molecular weight excluding hydrogens is 318 g/mol. The lowest BCUT2D eigenvalue weighted by molar-refractivity contribution is 0.414. The fraction of sp³-hybridized carbons (Fsp3) is 0.125. The highest BCUT2D eigenvalue weighted by Crippen LogP contribution is 2.18. The molecule has 0 saturated heterocycles. The van der Waals surface area contributed by atoms with Gasteiger partial charge in [-0.15, -0.1) is 0 Å². The normalized spacial score (nSPS) is 10.6. The predicted molar refractivity (Wildman–Crippen MR) is 89.6 cm³/mol. The molecule has 0 aliphatic rings. The van der Waals surface area contributed by atoms with Crippen LogP contribution in [0.1, 0.15) is 11.4 Å². The second-order valence-electron chi connectivity index (χ2n) is 4.78. The number of methoxy groups -OCH3 is 1. The lowest BCUT2D eigenvalue weighted by Crippen LogP contribution is -2.02. The minimum Gasteiger partial charge on any atom is -0.497 e. The summed E-state index contributed by atoms with van der Waals surface area (Å²) in [5.74, 6) is 1.68.